The molecular weight excluding hydrogens is 318 g/mol. The number of carboxylic acid groups (broad SMARTS) is 1. The minimum Gasteiger partial charge on any atom is -0.481 e. The molecule has 3 rings (SSSR count). The van der Waals surface area contributed by atoms with Gasteiger partial charge in [0.25, 0.3) is 0 Å². The molecule has 0 aliphatic heterocycles. The van der Waals surface area contributed by atoms with Crippen LogP contribution < -0.4 is 11.5 Å². The third kappa shape index (κ3) is 3.07. The Morgan fingerprint density at radius 2 is 1.60 bits per heavy atom. The van der Waals surface area contributed by atoms with Crippen molar-refractivity contribution >= 4 is 28.5 Å². The highest BCUT2D eigenvalue weighted by Crippen LogP contribution is 2.31. The van der Waals surface area contributed by atoms with E-state index in [1.54, 1.807) is 42.5 Å². The number of nitrogen functional groups attached to an aromatic ring is 2. The van der Waals surface area contributed by atoms with Crippen molar-refractivity contribution in [2.24, 2.45) is 11.5 Å². The minimum atomic E-state index is -0.932. The highest BCUT2D eigenvalue weighted by Gasteiger charge is 2.16. The average Bonchev–Trinajstić information content (AvgIpc) is 2.92. The summed E-state index contributed by atoms with van der Waals surface area (Å²) in [5.41, 5.74) is 15.0. The number of hydrogen-bond acceptors (Lipinski definition) is 3. The number of amidine groups is 2. The maximum Gasteiger partial charge on any atom is 0.307 e. The standard InChI is InChI=1S/C18H17N5O2/c19-17(20)10-3-1-9(2-4-10)16-13(8-15(24)25)12-6-5-11(18(21)22)7-14(12)23-16/h1-7,23H,8H2,(H3,19,20)(H3,21,22)(H,24,25). The van der Waals surface area contributed by atoms with Gasteiger partial charge in [0.2, 0.25) is 0 Å². The first kappa shape index (κ1) is 16.3. The predicted octanol–water partition coefficient (Wildman–Crippen LogP) is 2.03. The molecule has 0 aliphatic carbocycles. The fourth-order valence-corrected chi connectivity index (χ4v) is 2.82. The molecule has 2 aromatic carbocycles. The van der Waals surface area contributed by atoms with E-state index in [1.165, 1.54) is 0 Å². The van der Waals surface area contributed by atoms with Crippen molar-refractivity contribution in [3.8, 4) is 11.3 Å². The third-order valence-electron chi connectivity index (χ3n) is 4.03. The van der Waals surface area contributed by atoms with E-state index >= 15 is 0 Å². The van der Waals surface area contributed by atoms with E-state index in [0.717, 1.165) is 16.5 Å². The van der Waals surface area contributed by atoms with Crippen molar-refractivity contribution in [2.45, 2.75) is 6.42 Å². The van der Waals surface area contributed by atoms with Gasteiger partial charge in [-0.05, 0) is 17.2 Å². The Bertz CT molecular complexity index is 1000. The van der Waals surface area contributed by atoms with Crippen molar-refractivity contribution in [3.05, 3.63) is 59.2 Å². The second-order valence-electron chi connectivity index (χ2n) is 5.71. The summed E-state index contributed by atoms with van der Waals surface area (Å²) >= 11 is 0. The van der Waals surface area contributed by atoms with E-state index < -0.39 is 5.97 Å². The summed E-state index contributed by atoms with van der Waals surface area (Å²) in [6.07, 6.45) is -0.136. The van der Waals surface area contributed by atoms with E-state index in [0.29, 0.717) is 22.4 Å². The predicted molar refractivity (Wildman–Crippen MR) is 97.1 cm³/mol. The lowest BCUT2D eigenvalue weighted by Crippen LogP contribution is -2.10. The number of aromatic nitrogens is 1. The van der Waals surface area contributed by atoms with E-state index in [-0.39, 0.29) is 18.1 Å². The first-order valence-electron chi connectivity index (χ1n) is 7.52. The van der Waals surface area contributed by atoms with Crippen LogP contribution in [-0.2, 0) is 11.2 Å². The van der Waals surface area contributed by atoms with E-state index in [4.69, 9.17) is 22.3 Å². The quantitative estimate of drug-likeness (QED) is 0.312. The monoisotopic (exact) mass is 335 g/mol. The van der Waals surface area contributed by atoms with Crippen LogP contribution in [0.4, 0.5) is 0 Å². The summed E-state index contributed by atoms with van der Waals surface area (Å²) in [7, 11) is 0. The van der Waals surface area contributed by atoms with E-state index in [2.05, 4.69) is 4.98 Å². The molecule has 0 saturated heterocycles. The number of benzene rings is 2. The van der Waals surface area contributed by atoms with E-state index in [1.807, 2.05) is 0 Å². The maximum absolute atomic E-state index is 11.3. The first-order valence-corrected chi connectivity index (χ1v) is 7.52. The molecule has 0 spiro atoms. The van der Waals surface area contributed by atoms with Crippen LogP contribution >= 0.6 is 0 Å². The van der Waals surface area contributed by atoms with Crippen LogP contribution in [0.25, 0.3) is 22.2 Å². The second kappa shape index (κ2) is 6.12. The SMILES string of the molecule is N=C(N)c1ccc(-c2[nH]c3cc(C(=N)N)ccc3c2CC(=O)O)cc1. The van der Waals surface area contributed by atoms with Crippen LogP contribution in [0, 0.1) is 10.8 Å². The number of aromatic amines is 1. The zero-order valence-corrected chi connectivity index (χ0v) is 13.3. The number of carboxylic acids is 1. The molecule has 0 fully saturated rings. The average molecular weight is 335 g/mol. The molecule has 0 aliphatic rings. The molecular formula is C18H17N5O2. The lowest BCUT2D eigenvalue weighted by molar-refractivity contribution is -0.136. The van der Waals surface area contributed by atoms with Gasteiger partial charge in [0.05, 0.1) is 12.1 Å². The highest BCUT2D eigenvalue weighted by atomic mass is 16.4. The molecule has 1 heterocycles. The summed E-state index contributed by atoms with van der Waals surface area (Å²) in [6, 6.07) is 12.2. The number of H-pyrrole nitrogens is 1. The van der Waals surface area contributed by atoms with Gasteiger partial charge in [0.1, 0.15) is 11.7 Å². The fraction of sp³-hybridized carbons (Fsp3) is 0.0556. The largest absolute Gasteiger partial charge is 0.481 e. The topological polar surface area (TPSA) is 153 Å². The Morgan fingerprint density at radius 3 is 2.16 bits per heavy atom. The molecule has 1 aromatic heterocycles. The van der Waals surface area contributed by atoms with Crippen molar-refractivity contribution < 1.29 is 9.90 Å². The number of carbonyl (C=O) groups is 1. The number of aliphatic carboxylic acids is 1. The number of hydrogen-bond donors (Lipinski definition) is 6. The maximum atomic E-state index is 11.3. The van der Waals surface area contributed by atoms with Gasteiger partial charge in [-0.15, -0.1) is 0 Å². The Morgan fingerprint density at radius 1 is 1.00 bits per heavy atom. The van der Waals surface area contributed by atoms with Crippen molar-refractivity contribution in [1.82, 2.24) is 4.98 Å². The molecule has 0 unspecified atom stereocenters. The van der Waals surface area contributed by atoms with Crippen LogP contribution in [0.15, 0.2) is 42.5 Å². The lowest BCUT2D eigenvalue weighted by atomic mass is 10.0. The molecule has 0 radical (unpaired) electrons. The van der Waals surface area contributed by atoms with Crippen LogP contribution in [0.3, 0.4) is 0 Å². The van der Waals surface area contributed by atoms with Gasteiger partial charge in [0.15, 0.2) is 0 Å². The Balaban J connectivity index is 2.19. The smallest absolute Gasteiger partial charge is 0.307 e. The summed E-state index contributed by atoms with van der Waals surface area (Å²) in [6.45, 7) is 0. The van der Waals surface area contributed by atoms with Gasteiger partial charge in [0, 0.05) is 22.0 Å². The van der Waals surface area contributed by atoms with Gasteiger partial charge in [-0.1, -0.05) is 36.4 Å². The molecule has 25 heavy (non-hydrogen) atoms. The number of nitrogens with one attached hydrogen (secondary N) is 3. The molecule has 126 valence electrons. The van der Waals surface area contributed by atoms with Gasteiger partial charge in [-0.3, -0.25) is 15.6 Å². The molecule has 8 N–H and O–H groups in total. The molecule has 3 aromatic rings. The van der Waals surface area contributed by atoms with Crippen molar-refractivity contribution in [3.63, 3.8) is 0 Å². The molecule has 0 bridgehead atoms. The van der Waals surface area contributed by atoms with Crippen LogP contribution in [-0.4, -0.2) is 27.7 Å². The van der Waals surface area contributed by atoms with Crippen molar-refractivity contribution in [2.75, 3.05) is 0 Å². The summed E-state index contributed by atoms with van der Waals surface area (Å²) in [5, 5.41) is 25.0. The molecule has 0 atom stereocenters. The minimum absolute atomic E-state index is 0.0277. The van der Waals surface area contributed by atoms with Gasteiger partial charge in [-0.25, -0.2) is 0 Å². The summed E-state index contributed by atoms with van der Waals surface area (Å²) in [4.78, 5) is 14.5. The van der Waals surface area contributed by atoms with Crippen LogP contribution in [0.5, 0.6) is 0 Å². The highest BCUT2D eigenvalue weighted by molar-refractivity contribution is 6.01. The molecule has 0 saturated carbocycles. The number of rotatable bonds is 5. The van der Waals surface area contributed by atoms with Gasteiger partial charge in [-0.2, -0.15) is 0 Å². The Labute approximate surface area is 143 Å². The molecule has 7 nitrogen and oxygen atoms in total. The van der Waals surface area contributed by atoms with Crippen LogP contribution in [0.2, 0.25) is 0 Å². The third-order valence-corrected chi connectivity index (χ3v) is 4.03. The summed E-state index contributed by atoms with van der Waals surface area (Å²) in [5.74, 6) is -1.01. The fourth-order valence-electron chi connectivity index (χ4n) is 2.82. The number of fused-ring (bicyclic) bond motifs is 1. The Hall–Kier alpha value is -3.61. The first-order chi connectivity index (χ1) is 11.9. The lowest BCUT2D eigenvalue weighted by Gasteiger charge is -2.05. The van der Waals surface area contributed by atoms with E-state index in [9.17, 15) is 9.90 Å². The zero-order chi connectivity index (χ0) is 18.1. The molecule has 0 amide bonds. The normalized spacial score (nSPS) is 10.7. The zero-order valence-electron chi connectivity index (χ0n) is 13.3. The second-order valence-corrected chi connectivity index (χ2v) is 5.71. The van der Waals surface area contributed by atoms with Gasteiger partial charge >= 0.3 is 5.97 Å². The molecule has 7 heteroatoms. The van der Waals surface area contributed by atoms with Crippen LogP contribution in [0.1, 0.15) is 16.7 Å². The summed E-state index contributed by atoms with van der Waals surface area (Å²) < 4.78 is 0. The van der Waals surface area contributed by atoms with Crippen molar-refractivity contribution in [1.29, 1.82) is 10.8 Å². The van der Waals surface area contributed by atoms with Gasteiger partial charge < -0.3 is 21.6 Å². The number of nitrogens with two attached hydrogens (primary N) is 2. The Kier molecular flexibility index (Phi) is 3.98.